The second kappa shape index (κ2) is 26.6. The van der Waals surface area contributed by atoms with Gasteiger partial charge in [-0.15, -0.1) is 0 Å². The number of phosphoric acid groups is 3. The number of aliphatic hydroxyl groups is 2. The first kappa shape index (κ1) is 55.6. The Hall–Kier alpha value is -2.70. The van der Waals surface area contributed by atoms with Crippen molar-refractivity contribution >= 4 is 69.1 Å². The summed E-state index contributed by atoms with van der Waals surface area (Å²) < 4.78 is 62.3. The van der Waals surface area contributed by atoms with Gasteiger partial charge in [0.2, 0.25) is 16.9 Å². The van der Waals surface area contributed by atoms with Crippen LogP contribution in [0.5, 0.6) is 0 Å². The van der Waals surface area contributed by atoms with Crippen LogP contribution in [0.15, 0.2) is 24.8 Å². The summed E-state index contributed by atoms with van der Waals surface area (Å²) in [6.45, 7) is 2.73. The second-order valence-electron chi connectivity index (χ2n) is 15.6. The number of rotatable bonds is 31. The molecule has 64 heavy (non-hydrogen) atoms. The van der Waals surface area contributed by atoms with E-state index in [4.69, 9.17) is 19.5 Å². The van der Waals surface area contributed by atoms with Gasteiger partial charge in [-0.05, 0) is 18.9 Å². The Labute approximate surface area is 375 Å². The van der Waals surface area contributed by atoms with E-state index in [-0.39, 0.29) is 41.6 Å². The smallest absolute Gasteiger partial charge is 0.386 e. The van der Waals surface area contributed by atoms with Crippen LogP contribution in [0, 0.1) is 5.41 Å². The van der Waals surface area contributed by atoms with E-state index in [1.807, 2.05) is 6.08 Å². The van der Waals surface area contributed by atoms with Gasteiger partial charge in [-0.1, -0.05) is 96.4 Å². The SMILES string of the molecule is CCCCCCCCCCCC/C=C/C(=O)SCCNC(=O)CCNC(=O)[C@H](O)C(C)(C)COP(=O)(O)OP(=O)(O)OC[C@H]1O[C@@H](n2cnc3c(N)ncnc32)[C@H](O)[C@@H]1OP(=O)(O)O. The zero-order valence-corrected chi connectivity index (χ0v) is 39.5. The fourth-order valence-electron chi connectivity index (χ4n) is 6.26. The molecule has 0 spiro atoms. The Bertz CT molecular complexity index is 1990. The average Bonchev–Trinajstić information content (AvgIpc) is 3.78. The topological polar surface area (TPSA) is 364 Å². The number of nitrogens with zero attached hydrogens (tertiary/aromatic N) is 4. The highest BCUT2D eigenvalue weighted by molar-refractivity contribution is 8.14. The molecule has 1 aliphatic heterocycles. The van der Waals surface area contributed by atoms with Crippen molar-refractivity contribution in [3.63, 3.8) is 0 Å². The lowest BCUT2D eigenvalue weighted by atomic mass is 9.87. The molecule has 2 unspecified atom stereocenters. The highest BCUT2D eigenvalue weighted by Gasteiger charge is 2.50. The van der Waals surface area contributed by atoms with Gasteiger partial charge >= 0.3 is 23.5 Å². The van der Waals surface area contributed by atoms with E-state index in [0.717, 1.165) is 48.2 Å². The van der Waals surface area contributed by atoms with Gasteiger partial charge in [0.25, 0.3) is 0 Å². The summed E-state index contributed by atoms with van der Waals surface area (Å²) in [6, 6.07) is 0. The number of aliphatic hydroxyl groups excluding tert-OH is 2. The summed E-state index contributed by atoms with van der Waals surface area (Å²) in [5.74, 6) is -1.10. The molecule has 2 aromatic heterocycles. The molecule has 0 aliphatic carbocycles. The standard InChI is InChI=1S/C36H62N7O17P3S/c1-4-5-6-7-8-9-10-11-12-13-14-15-16-27(45)64-20-19-38-26(44)17-18-39-34(48)31(47)36(2,3)22-57-63(54,55)60-62(52,53)56-21-25-30(59-61(49,50)51)29(46)35(58-25)43-24-42-28-32(37)40-23-41-33(28)43/h15-16,23-25,29-31,35,46-47H,4-14,17-22H2,1-3H3,(H,38,44)(H,39,48)(H,52,53)(H,54,55)(H2,37,40,41)(H2,49,50,51)/b16-15+/t25-,29-,30-,31+,35-/m1/s1. The first-order valence-electron chi connectivity index (χ1n) is 20.8. The molecule has 10 N–H and O–H groups in total. The van der Waals surface area contributed by atoms with E-state index in [9.17, 15) is 57.9 Å². The second-order valence-corrected chi connectivity index (χ2v) is 20.9. The molecule has 0 saturated carbocycles. The zero-order chi connectivity index (χ0) is 47.6. The summed E-state index contributed by atoms with van der Waals surface area (Å²) >= 11 is 1.07. The number of amides is 2. The number of nitrogens with one attached hydrogen (secondary N) is 2. The van der Waals surface area contributed by atoms with Gasteiger partial charge in [0.1, 0.15) is 36.3 Å². The summed E-state index contributed by atoms with van der Waals surface area (Å²) in [7, 11) is -16.4. The number of carbonyl (C=O) groups is 3. The average molecular weight is 990 g/mol. The Kier molecular flexibility index (Phi) is 23.1. The van der Waals surface area contributed by atoms with Crippen molar-refractivity contribution in [1.29, 1.82) is 0 Å². The van der Waals surface area contributed by atoms with Crippen molar-refractivity contribution < 1.29 is 80.5 Å². The van der Waals surface area contributed by atoms with Crippen LogP contribution in [0.4, 0.5) is 5.82 Å². The number of carbonyl (C=O) groups excluding carboxylic acids is 3. The molecule has 24 nitrogen and oxygen atoms in total. The zero-order valence-electron chi connectivity index (χ0n) is 36.0. The Morgan fingerprint density at radius 2 is 1.59 bits per heavy atom. The number of nitrogen functional groups attached to an aromatic ring is 1. The van der Waals surface area contributed by atoms with Crippen molar-refractivity contribution in [1.82, 2.24) is 30.2 Å². The maximum absolute atomic E-state index is 12.7. The number of allylic oxidation sites excluding steroid dienone is 1. The molecule has 2 amide bonds. The van der Waals surface area contributed by atoms with Crippen LogP contribution >= 0.6 is 35.2 Å². The van der Waals surface area contributed by atoms with E-state index in [1.54, 1.807) is 6.08 Å². The number of fused-ring (bicyclic) bond motifs is 1. The first-order valence-corrected chi connectivity index (χ1v) is 26.3. The quantitative estimate of drug-likeness (QED) is 0.0296. The number of phosphoric ester groups is 3. The highest BCUT2D eigenvalue weighted by Crippen LogP contribution is 2.61. The van der Waals surface area contributed by atoms with Crippen LogP contribution in [0.2, 0.25) is 0 Å². The lowest BCUT2D eigenvalue weighted by molar-refractivity contribution is -0.137. The van der Waals surface area contributed by atoms with E-state index < -0.39 is 84.6 Å². The van der Waals surface area contributed by atoms with Crippen LogP contribution in [0.3, 0.4) is 0 Å². The molecule has 0 bridgehead atoms. The molecule has 3 rings (SSSR count). The van der Waals surface area contributed by atoms with Gasteiger partial charge in [-0.25, -0.2) is 28.6 Å². The van der Waals surface area contributed by atoms with Gasteiger partial charge in [0.15, 0.2) is 17.7 Å². The highest BCUT2D eigenvalue weighted by atomic mass is 32.2. The van der Waals surface area contributed by atoms with Crippen LogP contribution in [-0.2, 0) is 50.7 Å². The van der Waals surface area contributed by atoms with Crippen LogP contribution in [0.1, 0.15) is 104 Å². The van der Waals surface area contributed by atoms with E-state index in [2.05, 4.69) is 41.3 Å². The molecular weight excluding hydrogens is 927 g/mol. The summed E-state index contributed by atoms with van der Waals surface area (Å²) in [5, 5.41) is 26.4. The molecule has 1 aliphatic rings. The molecule has 1 saturated heterocycles. The maximum Gasteiger partial charge on any atom is 0.481 e. The minimum Gasteiger partial charge on any atom is -0.386 e. The molecule has 364 valence electrons. The number of hydrogen-bond acceptors (Lipinski definition) is 18. The minimum absolute atomic E-state index is 0.0321. The lowest BCUT2D eigenvalue weighted by Crippen LogP contribution is -2.46. The Morgan fingerprint density at radius 1 is 0.953 bits per heavy atom. The molecule has 0 aromatic carbocycles. The molecule has 0 radical (unpaired) electrons. The van der Waals surface area contributed by atoms with Gasteiger partial charge < -0.3 is 50.9 Å². The number of anilines is 1. The monoisotopic (exact) mass is 989 g/mol. The molecule has 1 fully saturated rings. The molecule has 7 atom stereocenters. The van der Waals surface area contributed by atoms with Gasteiger partial charge in [0, 0.05) is 30.7 Å². The van der Waals surface area contributed by atoms with Crippen LogP contribution in [0.25, 0.3) is 11.2 Å². The van der Waals surface area contributed by atoms with Crippen molar-refractivity contribution in [2.45, 2.75) is 128 Å². The van der Waals surface area contributed by atoms with Gasteiger partial charge in [-0.2, -0.15) is 4.31 Å². The van der Waals surface area contributed by atoms with Crippen molar-refractivity contribution in [3.8, 4) is 0 Å². The van der Waals surface area contributed by atoms with Crippen molar-refractivity contribution in [2.75, 3.05) is 37.8 Å². The third kappa shape index (κ3) is 19.6. The largest absolute Gasteiger partial charge is 0.481 e. The number of nitrogens with two attached hydrogens (primary N) is 1. The number of ether oxygens (including phenoxy) is 1. The van der Waals surface area contributed by atoms with E-state index >= 15 is 0 Å². The van der Waals surface area contributed by atoms with Crippen molar-refractivity contribution in [3.05, 3.63) is 24.8 Å². The third-order valence-corrected chi connectivity index (χ3v) is 13.7. The Balaban J connectivity index is 1.35. The van der Waals surface area contributed by atoms with E-state index in [1.165, 1.54) is 65.2 Å². The molecule has 3 heterocycles. The summed E-state index contributed by atoms with van der Waals surface area (Å²) in [6.07, 6.45) is 9.75. The lowest BCUT2D eigenvalue weighted by Gasteiger charge is -2.30. The summed E-state index contributed by atoms with van der Waals surface area (Å²) in [5.41, 5.74) is 4.28. The number of hydrogen-bond donors (Lipinski definition) is 9. The fourth-order valence-corrected chi connectivity index (χ4v) is 9.69. The van der Waals surface area contributed by atoms with Gasteiger partial charge in [0.05, 0.1) is 19.5 Å². The normalized spacial score (nSPS) is 20.6. The first-order chi connectivity index (χ1) is 30.1. The van der Waals surface area contributed by atoms with Crippen LogP contribution in [-0.4, -0.2) is 123 Å². The molecule has 28 heteroatoms. The number of thioether (sulfide) groups is 1. The summed E-state index contributed by atoms with van der Waals surface area (Å²) in [4.78, 5) is 88.1. The number of aromatic nitrogens is 4. The van der Waals surface area contributed by atoms with Crippen LogP contribution < -0.4 is 16.4 Å². The molecular formula is C36H62N7O17P3S. The minimum atomic E-state index is -5.57. The molecule has 2 aromatic rings. The third-order valence-electron chi connectivity index (χ3n) is 9.72. The maximum atomic E-state index is 12.7. The van der Waals surface area contributed by atoms with E-state index in [0.29, 0.717) is 5.75 Å². The Morgan fingerprint density at radius 3 is 2.25 bits per heavy atom. The predicted molar refractivity (Wildman–Crippen MR) is 233 cm³/mol. The number of unbranched alkanes of at least 4 members (excludes halogenated alkanes) is 10. The van der Waals surface area contributed by atoms with Crippen molar-refractivity contribution in [2.24, 2.45) is 5.41 Å². The fraction of sp³-hybridized carbons (Fsp3) is 0.722. The van der Waals surface area contributed by atoms with Gasteiger partial charge in [-0.3, -0.25) is 32.5 Å². The number of imidazole rings is 1. The predicted octanol–water partition coefficient (Wildman–Crippen LogP) is 3.53.